The number of hydrogen-bond donors (Lipinski definition) is 1. The summed E-state index contributed by atoms with van der Waals surface area (Å²) in [4.78, 5) is 0. The van der Waals surface area contributed by atoms with Gasteiger partial charge in [-0.2, -0.15) is 0 Å². The molecule has 0 heterocycles. The van der Waals surface area contributed by atoms with E-state index in [2.05, 4.69) is 19.2 Å². The highest BCUT2D eigenvalue weighted by atomic mass is 32.2. The summed E-state index contributed by atoms with van der Waals surface area (Å²) in [5.74, 6) is 2.66. The van der Waals surface area contributed by atoms with Gasteiger partial charge in [0.05, 0.1) is 5.75 Å². The van der Waals surface area contributed by atoms with Crippen molar-refractivity contribution in [2.24, 2.45) is 17.8 Å². The molecule has 0 bridgehead atoms. The van der Waals surface area contributed by atoms with Crippen LogP contribution in [-0.2, 0) is 9.84 Å². The first-order valence-electron chi connectivity index (χ1n) is 7.35. The maximum absolute atomic E-state index is 11.6. The molecule has 0 aromatic heterocycles. The second-order valence-corrected chi connectivity index (χ2v) is 8.50. The first-order chi connectivity index (χ1) is 8.44. The number of sulfone groups is 1. The summed E-state index contributed by atoms with van der Waals surface area (Å²) < 4.78 is 23.1. The van der Waals surface area contributed by atoms with E-state index >= 15 is 0 Å². The maximum Gasteiger partial charge on any atom is 0.150 e. The van der Waals surface area contributed by atoms with Gasteiger partial charge in [-0.25, -0.2) is 8.42 Å². The Morgan fingerprint density at radius 1 is 1.22 bits per heavy atom. The third-order valence-corrected chi connectivity index (χ3v) is 5.75. The van der Waals surface area contributed by atoms with Crippen molar-refractivity contribution >= 4 is 9.84 Å². The molecule has 3 nitrogen and oxygen atoms in total. The molecule has 1 rings (SSSR count). The van der Waals surface area contributed by atoms with Gasteiger partial charge in [0.15, 0.2) is 0 Å². The van der Waals surface area contributed by atoms with E-state index in [1.54, 1.807) is 6.92 Å². The van der Waals surface area contributed by atoms with Crippen LogP contribution in [-0.4, -0.2) is 33.0 Å². The minimum Gasteiger partial charge on any atom is -0.316 e. The summed E-state index contributed by atoms with van der Waals surface area (Å²) in [6.07, 6.45) is 4.62. The highest BCUT2D eigenvalue weighted by Crippen LogP contribution is 2.34. The SMILES string of the molecule is CCS(=O)(=O)CCC1CCCC1CNCC(C)C. The number of rotatable bonds is 8. The van der Waals surface area contributed by atoms with Crippen molar-refractivity contribution in [1.82, 2.24) is 5.32 Å². The lowest BCUT2D eigenvalue weighted by atomic mass is 9.93. The van der Waals surface area contributed by atoms with Gasteiger partial charge in [-0.05, 0) is 43.7 Å². The summed E-state index contributed by atoms with van der Waals surface area (Å²) in [6, 6.07) is 0. The van der Waals surface area contributed by atoms with Crippen LogP contribution in [0.25, 0.3) is 0 Å². The zero-order chi connectivity index (χ0) is 13.6. The predicted molar refractivity (Wildman–Crippen MR) is 77.5 cm³/mol. The van der Waals surface area contributed by atoms with Crippen LogP contribution in [0.3, 0.4) is 0 Å². The molecular weight excluding hydrogens is 246 g/mol. The van der Waals surface area contributed by atoms with Gasteiger partial charge in [-0.1, -0.05) is 33.6 Å². The van der Waals surface area contributed by atoms with Crippen molar-refractivity contribution in [3.05, 3.63) is 0 Å². The van der Waals surface area contributed by atoms with Gasteiger partial charge < -0.3 is 5.32 Å². The molecule has 0 amide bonds. The molecule has 1 N–H and O–H groups in total. The van der Waals surface area contributed by atoms with E-state index in [0.29, 0.717) is 23.5 Å². The molecule has 4 heteroatoms. The van der Waals surface area contributed by atoms with E-state index in [0.717, 1.165) is 19.5 Å². The minimum atomic E-state index is -2.78. The third kappa shape index (κ3) is 5.70. The largest absolute Gasteiger partial charge is 0.316 e. The van der Waals surface area contributed by atoms with Gasteiger partial charge in [0.25, 0.3) is 0 Å². The predicted octanol–water partition coefficient (Wildman–Crippen LogP) is 2.47. The lowest BCUT2D eigenvalue weighted by Gasteiger charge is -2.20. The average molecular weight is 275 g/mol. The molecule has 1 aliphatic carbocycles. The molecule has 0 radical (unpaired) electrons. The molecule has 1 fully saturated rings. The lowest BCUT2D eigenvalue weighted by molar-refractivity contribution is 0.351. The normalized spacial score (nSPS) is 24.9. The molecular formula is C14H29NO2S. The summed E-state index contributed by atoms with van der Waals surface area (Å²) in [5, 5.41) is 3.52. The molecule has 0 aliphatic heterocycles. The zero-order valence-electron chi connectivity index (χ0n) is 12.1. The molecule has 0 saturated heterocycles. The molecule has 108 valence electrons. The van der Waals surface area contributed by atoms with Crippen molar-refractivity contribution < 1.29 is 8.42 Å². The van der Waals surface area contributed by atoms with Crippen LogP contribution in [0, 0.1) is 17.8 Å². The number of hydrogen-bond acceptors (Lipinski definition) is 3. The fraction of sp³-hybridized carbons (Fsp3) is 1.00. The quantitative estimate of drug-likeness (QED) is 0.740. The van der Waals surface area contributed by atoms with E-state index in [4.69, 9.17) is 0 Å². The van der Waals surface area contributed by atoms with Crippen molar-refractivity contribution in [2.45, 2.75) is 46.5 Å². The van der Waals surface area contributed by atoms with Crippen LogP contribution in [0.2, 0.25) is 0 Å². The monoisotopic (exact) mass is 275 g/mol. The van der Waals surface area contributed by atoms with Crippen LogP contribution in [0.5, 0.6) is 0 Å². The van der Waals surface area contributed by atoms with Gasteiger partial charge in [0.2, 0.25) is 0 Å². The van der Waals surface area contributed by atoms with Crippen molar-refractivity contribution in [2.75, 3.05) is 24.6 Å². The average Bonchev–Trinajstić information content (AvgIpc) is 2.74. The van der Waals surface area contributed by atoms with Crippen LogP contribution in [0.1, 0.15) is 46.5 Å². The smallest absolute Gasteiger partial charge is 0.150 e. The second-order valence-electron chi connectivity index (χ2n) is 6.03. The third-order valence-electron chi connectivity index (χ3n) is 4.02. The fourth-order valence-corrected chi connectivity index (χ4v) is 3.75. The van der Waals surface area contributed by atoms with Crippen LogP contribution >= 0.6 is 0 Å². The Kier molecular flexibility index (Phi) is 6.64. The zero-order valence-corrected chi connectivity index (χ0v) is 12.9. The van der Waals surface area contributed by atoms with Gasteiger partial charge >= 0.3 is 0 Å². The number of nitrogens with one attached hydrogen (secondary N) is 1. The standard InChI is InChI=1S/C14H29NO2S/c1-4-18(16,17)9-8-13-6-5-7-14(13)11-15-10-12(2)3/h12-15H,4-11H2,1-3H3. The first-order valence-corrected chi connectivity index (χ1v) is 9.18. The Balaban J connectivity index is 2.31. The van der Waals surface area contributed by atoms with Gasteiger partial charge in [-0.15, -0.1) is 0 Å². The van der Waals surface area contributed by atoms with E-state index < -0.39 is 9.84 Å². The molecule has 2 unspecified atom stereocenters. The maximum atomic E-state index is 11.6. The topological polar surface area (TPSA) is 46.2 Å². The Labute approximate surface area is 113 Å². The summed E-state index contributed by atoms with van der Waals surface area (Å²) in [7, 11) is -2.78. The summed E-state index contributed by atoms with van der Waals surface area (Å²) in [6.45, 7) is 8.30. The first kappa shape index (κ1) is 16.0. The second kappa shape index (κ2) is 7.49. The molecule has 0 spiro atoms. The molecule has 1 aliphatic rings. The lowest BCUT2D eigenvalue weighted by Crippen LogP contribution is -2.29. The van der Waals surface area contributed by atoms with Crippen LogP contribution in [0.15, 0.2) is 0 Å². The van der Waals surface area contributed by atoms with E-state index in [9.17, 15) is 8.42 Å². The molecule has 0 aromatic rings. The molecule has 0 aromatic carbocycles. The van der Waals surface area contributed by atoms with Gasteiger partial charge in [0, 0.05) is 5.75 Å². The van der Waals surface area contributed by atoms with Crippen molar-refractivity contribution in [1.29, 1.82) is 0 Å². The molecule has 1 saturated carbocycles. The summed E-state index contributed by atoms with van der Waals surface area (Å²) >= 11 is 0. The van der Waals surface area contributed by atoms with Crippen LogP contribution in [0.4, 0.5) is 0 Å². The van der Waals surface area contributed by atoms with Gasteiger partial charge in [0.1, 0.15) is 9.84 Å². The van der Waals surface area contributed by atoms with E-state index in [-0.39, 0.29) is 5.75 Å². The molecule has 18 heavy (non-hydrogen) atoms. The van der Waals surface area contributed by atoms with E-state index in [1.807, 2.05) is 0 Å². The Morgan fingerprint density at radius 2 is 1.89 bits per heavy atom. The van der Waals surface area contributed by atoms with Crippen molar-refractivity contribution in [3.8, 4) is 0 Å². The minimum absolute atomic E-state index is 0.288. The Hall–Kier alpha value is -0.0900. The van der Waals surface area contributed by atoms with E-state index in [1.165, 1.54) is 19.3 Å². The molecule has 2 atom stereocenters. The highest BCUT2D eigenvalue weighted by molar-refractivity contribution is 7.91. The Morgan fingerprint density at radius 3 is 2.50 bits per heavy atom. The van der Waals surface area contributed by atoms with Gasteiger partial charge in [-0.3, -0.25) is 0 Å². The fourth-order valence-electron chi connectivity index (χ4n) is 2.80. The Bertz CT molecular complexity index is 325. The summed E-state index contributed by atoms with van der Waals surface area (Å²) in [5.41, 5.74) is 0. The van der Waals surface area contributed by atoms with Crippen molar-refractivity contribution in [3.63, 3.8) is 0 Å². The highest BCUT2D eigenvalue weighted by Gasteiger charge is 2.27. The van der Waals surface area contributed by atoms with Crippen LogP contribution < -0.4 is 5.32 Å².